The summed E-state index contributed by atoms with van der Waals surface area (Å²) in [5, 5.41) is 0.380. The molecule has 0 fully saturated rings. The fourth-order valence-corrected chi connectivity index (χ4v) is 3.18. The van der Waals surface area contributed by atoms with Crippen molar-refractivity contribution in [3.05, 3.63) is 51.8 Å². The van der Waals surface area contributed by atoms with E-state index < -0.39 is 15.8 Å². The van der Waals surface area contributed by atoms with Crippen molar-refractivity contribution in [3.63, 3.8) is 0 Å². The second kappa shape index (κ2) is 5.71. The number of nitrogen functional groups attached to an aromatic ring is 1. The first-order chi connectivity index (χ1) is 9.70. The van der Waals surface area contributed by atoms with Gasteiger partial charge in [0.2, 0.25) is 0 Å². The van der Waals surface area contributed by atoms with E-state index in [9.17, 15) is 12.8 Å². The number of anilines is 2. The van der Waals surface area contributed by atoms with Crippen LogP contribution >= 0.6 is 23.2 Å². The Balaban J connectivity index is 2.43. The highest BCUT2D eigenvalue weighted by Crippen LogP contribution is 2.28. The van der Waals surface area contributed by atoms with Crippen molar-refractivity contribution in [2.24, 2.45) is 0 Å². The zero-order valence-electron chi connectivity index (χ0n) is 10.8. The molecule has 0 heterocycles. The molecule has 0 radical (unpaired) electrons. The fourth-order valence-electron chi connectivity index (χ4n) is 1.61. The van der Waals surface area contributed by atoms with Gasteiger partial charge in [0.1, 0.15) is 5.82 Å². The van der Waals surface area contributed by atoms with Crippen LogP contribution in [0.15, 0.2) is 35.2 Å². The number of hydrogen-bond donors (Lipinski definition) is 2. The Morgan fingerprint density at radius 1 is 1.19 bits per heavy atom. The molecule has 4 nitrogen and oxygen atoms in total. The van der Waals surface area contributed by atoms with Gasteiger partial charge >= 0.3 is 0 Å². The van der Waals surface area contributed by atoms with Crippen LogP contribution < -0.4 is 10.5 Å². The summed E-state index contributed by atoms with van der Waals surface area (Å²) in [5.41, 5.74) is 6.29. The molecule has 21 heavy (non-hydrogen) atoms. The number of nitrogens with one attached hydrogen (secondary N) is 1. The van der Waals surface area contributed by atoms with E-state index in [2.05, 4.69) is 4.72 Å². The maximum Gasteiger partial charge on any atom is 0.262 e. The van der Waals surface area contributed by atoms with Crippen LogP contribution in [0.2, 0.25) is 10.0 Å². The Morgan fingerprint density at radius 3 is 2.43 bits per heavy atom. The Hall–Kier alpha value is -1.50. The molecule has 0 unspecified atom stereocenters. The zero-order valence-corrected chi connectivity index (χ0v) is 13.2. The van der Waals surface area contributed by atoms with Crippen LogP contribution in [0.5, 0.6) is 0 Å². The fraction of sp³-hybridized carbons (Fsp3) is 0.0769. The topological polar surface area (TPSA) is 72.2 Å². The quantitative estimate of drug-likeness (QED) is 0.828. The van der Waals surface area contributed by atoms with Gasteiger partial charge in [0.25, 0.3) is 10.0 Å². The molecule has 0 aliphatic rings. The standard InChI is InChI=1S/C13H11Cl2FN2O2S/c1-7-10(15)5-9(6-12(7)17)21(19,20)18-13-3-2-8(14)4-11(13)16/h2-6,18H,17H2,1H3. The lowest BCUT2D eigenvalue weighted by Crippen LogP contribution is -2.14. The van der Waals surface area contributed by atoms with Gasteiger partial charge in [-0.25, -0.2) is 12.8 Å². The van der Waals surface area contributed by atoms with E-state index in [-0.39, 0.29) is 26.3 Å². The minimum atomic E-state index is -4.01. The maximum atomic E-state index is 13.7. The smallest absolute Gasteiger partial charge is 0.262 e. The summed E-state index contributed by atoms with van der Waals surface area (Å²) >= 11 is 11.5. The van der Waals surface area contributed by atoms with Crippen molar-refractivity contribution in [2.75, 3.05) is 10.5 Å². The third-order valence-corrected chi connectivity index (χ3v) is 4.82. The molecule has 8 heteroatoms. The number of nitrogens with two attached hydrogens (primary N) is 1. The van der Waals surface area contributed by atoms with Crippen LogP contribution in [0.1, 0.15) is 5.56 Å². The average molecular weight is 349 g/mol. The van der Waals surface area contributed by atoms with Gasteiger partial charge in [-0.2, -0.15) is 0 Å². The summed E-state index contributed by atoms with van der Waals surface area (Å²) in [5.74, 6) is -0.780. The predicted molar refractivity (Wildman–Crippen MR) is 82.8 cm³/mol. The molecule has 2 aromatic carbocycles. The molecule has 0 saturated heterocycles. The molecule has 2 aromatic rings. The summed E-state index contributed by atoms with van der Waals surface area (Å²) in [6.07, 6.45) is 0. The molecule has 0 saturated carbocycles. The van der Waals surface area contributed by atoms with Gasteiger partial charge in [0.15, 0.2) is 0 Å². The molecule has 0 amide bonds. The van der Waals surface area contributed by atoms with Crippen molar-refractivity contribution in [2.45, 2.75) is 11.8 Å². The van der Waals surface area contributed by atoms with Gasteiger partial charge in [-0.3, -0.25) is 4.72 Å². The monoisotopic (exact) mass is 348 g/mol. The summed E-state index contributed by atoms with van der Waals surface area (Å²) in [6.45, 7) is 1.67. The van der Waals surface area contributed by atoms with Crippen LogP contribution in [0.4, 0.5) is 15.8 Å². The first kappa shape index (κ1) is 15.9. The van der Waals surface area contributed by atoms with E-state index in [4.69, 9.17) is 28.9 Å². The molecule has 0 atom stereocenters. The third kappa shape index (κ3) is 3.40. The number of hydrogen-bond acceptors (Lipinski definition) is 3. The SMILES string of the molecule is Cc1c(N)cc(S(=O)(=O)Nc2ccc(Cl)cc2F)cc1Cl. The Kier molecular flexibility index (Phi) is 4.32. The normalized spacial score (nSPS) is 11.4. The van der Waals surface area contributed by atoms with Gasteiger partial charge in [-0.05, 0) is 42.8 Å². The average Bonchev–Trinajstić information content (AvgIpc) is 2.38. The van der Waals surface area contributed by atoms with Crippen LogP contribution in [0.25, 0.3) is 0 Å². The Bertz CT molecular complexity index is 787. The van der Waals surface area contributed by atoms with Gasteiger partial charge < -0.3 is 5.73 Å². The summed E-state index contributed by atoms with van der Waals surface area (Å²) < 4.78 is 40.2. The Labute approximate surface area is 131 Å². The first-order valence-electron chi connectivity index (χ1n) is 5.74. The second-order valence-electron chi connectivity index (χ2n) is 4.35. The van der Waals surface area contributed by atoms with E-state index in [1.807, 2.05) is 0 Å². The molecule has 0 aromatic heterocycles. The first-order valence-corrected chi connectivity index (χ1v) is 7.98. The summed E-state index contributed by atoms with van der Waals surface area (Å²) in [7, 11) is -4.01. The number of benzene rings is 2. The van der Waals surface area contributed by atoms with Crippen LogP contribution in [0.3, 0.4) is 0 Å². The highest BCUT2D eigenvalue weighted by atomic mass is 35.5. The van der Waals surface area contributed by atoms with Crippen LogP contribution in [-0.4, -0.2) is 8.42 Å². The molecular weight excluding hydrogens is 338 g/mol. The van der Waals surface area contributed by atoms with Gasteiger partial charge in [0, 0.05) is 15.7 Å². The highest BCUT2D eigenvalue weighted by molar-refractivity contribution is 7.92. The number of halogens is 3. The molecule has 112 valence electrons. The Morgan fingerprint density at radius 2 is 1.86 bits per heavy atom. The van der Waals surface area contributed by atoms with E-state index in [0.29, 0.717) is 5.56 Å². The number of sulfonamides is 1. The van der Waals surface area contributed by atoms with Crippen molar-refractivity contribution < 1.29 is 12.8 Å². The molecular formula is C13H11Cl2FN2O2S. The van der Waals surface area contributed by atoms with Gasteiger partial charge in [-0.15, -0.1) is 0 Å². The van der Waals surface area contributed by atoms with E-state index in [1.54, 1.807) is 6.92 Å². The van der Waals surface area contributed by atoms with Crippen molar-refractivity contribution in [1.29, 1.82) is 0 Å². The second-order valence-corrected chi connectivity index (χ2v) is 6.88. The van der Waals surface area contributed by atoms with Crippen molar-refractivity contribution >= 4 is 44.6 Å². The van der Waals surface area contributed by atoms with Gasteiger partial charge in [-0.1, -0.05) is 23.2 Å². The highest BCUT2D eigenvalue weighted by Gasteiger charge is 2.18. The molecule has 0 aliphatic heterocycles. The lowest BCUT2D eigenvalue weighted by Gasteiger charge is -2.11. The van der Waals surface area contributed by atoms with E-state index in [1.165, 1.54) is 24.3 Å². The zero-order chi connectivity index (χ0) is 15.8. The maximum absolute atomic E-state index is 13.7. The number of rotatable bonds is 3. The molecule has 2 rings (SSSR count). The van der Waals surface area contributed by atoms with Gasteiger partial charge in [0.05, 0.1) is 10.6 Å². The predicted octanol–water partition coefficient (Wildman–Crippen LogP) is 3.82. The third-order valence-electron chi connectivity index (χ3n) is 2.84. The molecule has 3 N–H and O–H groups in total. The lowest BCUT2D eigenvalue weighted by atomic mass is 10.2. The lowest BCUT2D eigenvalue weighted by molar-refractivity contribution is 0.598. The summed E-state index contributed by atoms with van der Waals surface area (Å²) in [6, 6.07) is 6.13. The van der Waals surface area contributed by atoms with Crippen LogP contribution in [-0.2, 0) is 10.0 Å². The minimum Gasteiger partial charge on any atom is -0.398 e. The van der Waals surface area contributed by atoms with Crippen LogP contribution in [0, 0.1) is 12.7 Å². The molecule has 0 spiro atoms. The largest absolute Gasteiger partial charge is 0.398 e. The van der Waals surface area contributed by atoms with Crippen molar-refractivity contribution in [3.8, 4) is 0 Å². The van der Waals surface area contributed by atoms with E-state index in [0.717, 1.165) is 6.07 Å². The van der Waals surface area contributed by atoms with E-state index >= 15 is 0 Å². The van der Waals surface area contributed by atoms with Crippen molar-refractivity contribution in [1.82, 2.24) is 0 Å². The molecule has 0 bridgehead atoms. The summed E-state index contributed by atoms with van der Waals surface area (Å²) in [4.78, 5) is -0.148. The minimum absolute atomic E-state index is 0.148. The molecule has 0 aliphatic carbocycles.